The Labute approximate surface area is 108 Å². The lowest BCUT2D eigenvalue weighted by atomic mass is 9.98. The monoisotopic (exact) mass is 249 g/mol. The number of nitrogens with zero attached hydrogens (tertiary/aromatic N) is 1. The second kappa shape index (κ2) is 5.67. The number of amides is 1. The van der Waals surface area contributed by atoms with Gasteiger partial charge in [-0.3, -0.25) is 9.59 Å². The van der Waals surface area contributed by atoms with Crippen molar-refractivity contribution in [3.63, 3.8) is 0 Å². The highest BCUT2D eigenvalue weighted by Crippen LogP contribution is 2.33. The molecule has 1 aromatic carbocycles. The summed E-state index contributed by atoms with van der Waals surface area (Å²) in [6.07, 6.45) is 0.318. The molecule has 18 heavy (non-hydrogen) atoms. The van der Waals surface area contributed by atoms with Gasteiger partial charge in [0.2, 0.25) is 6.29 Å². The molecular weight excluding hydrogens is 230 g/mol. The Bertz CT molecular complexity index is 466. The van der Waals surface area contributed by atoms with E-state index in [9.17, 15) is 9.59 Å². The third-order valence-electron chi connectivity index (χ3n) is 2.96. The van der Waals surface area contributed by atoms with Crippen molar-refractivity contribution in [3.05, 3.63) is 23.3 Å². The maximum absolute atomic E-state index is 11.4. The Hall–Kier alpha value is -1.84. The zero-order valence-corrected chi connectivity index (χ0v) is 11.5. The van der Waals surface area contributed by atoms with Crippen LogP contribution in [0.3, 0.4) is 0 Å². The van der Waals surface area contributed by atoms with E-state index in [4.69, 9.17) is 4.74 Å². The highest BCUT2D eigenvalue weighted by atomic mass is 16.5. The van der Waals surface area contributed by atoms with E-state index in [-0.39, 0.29) is 5.92 Å². The molecule has 98 valence electrons. The van der Waals surface area contributed by atoms with Crippen molar-refractivity contribution in [2.45, 2.75) is 26.7 Å². The van der Waals surface area contributed by atoms with Gasteiger partial charge in [0.15, 0.2) is 0 Å². The number of aryl methyl sites for hydroxylation is 1. The predicted octanol–water partition coefficient (Wildman–Crippen LogP) is 2.29. The van der Waals surface area contributed by atoms with E-state index in [1.54, 1.807) is 14.2 Å². The second-order valence-electron chi connectivity index (χ2n) is 4.55. The van der Waals surface area contributed by atoms with Crippen LogP contribution in [-0.4, -0.2) is 26.4 Å². The molecule has 0 saturated heterocycles. The molecule has 0 aliphatic carbocycles. The van der Waals surface area contributed by atoms with Crippen LogP contribution >= 0.6 is 0 Å². The minimum absolute atomic E-state index is 0.277. The lowest BCUT2D eigenvalue weighted by molar-refractivity contribution is -0.129. The van der Waals surface area contributed by atoms with Crippen LogP contribution in [0, 0.1) is 6.92 Å². The Morgan fingerprint density at radius 1 is 1.39 bits per heavy atom. The van der Waals surface area contributed by atoms with Crippen molar-refractivity contribution < 1.29 is 14.3 Å². The number of likely N-dealkylation sites (N-methyl/N-ethyl adjacent to an activating group) is 1. The van der Waals surface area contributed by atoms with Gasteiger partial charge in [-0.2, -0.15) is 0 Å². The highest BCUT2D eigenvalue weighted by molar-refractivity contribution is 6.30. The molecule has 0 heterocycles. The maximum atomic E-state index is 11.4. The summed E-state index contributed by atoms with van der Waals surface area (Å²) in [5.74, 6) is 0.523. The molecule has 1 aromatic rings. The minimum atomic E-state index is -0.557. The molecule has 0 N–H and O–H groups in total. The number of hydrogen-bond acceptors (Lipinski definition) is 3. The van der Waals surface area contributed by atoms with Crippen LogP contribution in [0.15, 0.2) is 12.1 Å². The van der Waals surface area contributed by atoms with E-state index >= 15 is 0 Å². The van der Waals surface area contributed by atoms with Gasteiger partial charge in [-0.1, -0.05) is 13.8 Å². The Balaban J connectivity index is 3.33. The molecule has 0 aliphatic rings. The van der Waals surface area contributed by atoms with E-state index < -0.39 is 5.91 Å². The third-order valence-corrected chi connectivity index (χ3v) is 2.96. The van der Waals surface area contributed by atoms with Gasteiger partial charge in [0.05, 0.1) is 7.11 Å². The lowest BCUT2D eigenvalue weighted by Gasteiger charge is -2.21. The topological polar surface area (TPSA) is 46.6 Å². The van der Waals surface area contributed by atoms with Crippen LogP contribution in [0.5, 0.6) is 5.75 Å². The van der Waals surface area contributed by atoms with Crippen molar-refractivity contribution in [3.8, 4) is 5.75 Å². The number of anilines is 1. The van der Waals surface area contributed by atoms with Gasteiger partial charge < -0.3 is 9.64 Å². The second-order valence-corrected chi connectivity index (χ2v) is 4.55. The number of rotatable bonds is 4. The van der Waals surface area contributed by atoms with Crippen LogP contribution < -0.4 is 9.64 Å². The standard InChI is InChI=1S/C14H19NO3/c1-9(2)11-7-12(15(4)14(17)8-16)10(3)6-13(11)18-5/h6-9H,1-5H3. The van der Waals surface area contributed by atoms with Crippen LogP contribution in [0.2, 0.25) is 0 Å². The largest absolute Gasteiger partial charge is 0.496 e. The van der Waals surface area contributed by atoms with Crippen LogP contribution in [0.1, 0.15) is 30.9 Å². The van der Waals surface area contributed by atoms with Gasteiger partial charge in [0, 0.05) is 12.7 Å². The molecule has 0 spiro atoms. The summed E-state index contributed by atoms with van der Waals surface area (Å²) < 4.78 is 5.34. The fourth-order valence-corrected chi connectivity index (χ4v) is 1.87. The Kier molecular flexibility index (Phi) is 4.48. The van der Waals surface area contributed by atoms with Crippen LogP contribution in [0.25, 0.3) is 0 Å². The number of ether oxygens (including phenoxy) is 1. The number of carbonyl (C=O) groups is 2. The van der Waals surface area contributed by atoms with E-state index in [0.29, 0.717) is 6.29 Å². The SMILES string of the molecule is COc1cc(C)c(N(C)C(=O)C=O)cc1C(C)C. The first-order valence-electron chi connectivity index (χ1n) is 5.83. The quantitative estimate of drug-likeness (QED) is 0.607. The van der Waals surface area contributed by atoms with Gasteiger partial charge in [0.1, 0.15) is 5.75 Å². The first kappa shape index (κ1) is 14.2. The first-order chi connectivity index (χ1) is 8.42. The number of aldehydes is 1. The van der Waals surface area contributed by atoms with E-state index in [1.165, 1.54) is 4.90 Å². The van der Waals surface area contributed by atoms with Crippen molar-refractivity contribution >= 4 is 17.9 Å². The fourth-order valence-electron chi connectivity index (χ4n) is 1.87. The van der Waals surface area contributed by atoms with Gasteiger partial charge >= 0.3 is 0 Å². The van der Waals surface area contributed by atoms with Gasteiger partial charge in [-0.05, 0) is 36.1 Å². The Morgan fingerprint density at radius 2 is 2.00 bits per heavy atom. The summed E-state index contributed by atoms with van der Waals surface area (Å²) in [6, 6.07) is 3.79. The number of benzene rings is 1. The highest BCUT2D eigenvalue weighted by Gasteiger charge is 2.16. The predicted molar refractivity (Wildman–Crippen MR) is 71.3 cm³/mol. The average Bonchev–Trinajstić information content (AvgIpc) is 2.36. The van der Waals surface area contributed by atoms with E-state index in [0.717, 1.165) is 22.6 Å². The maximum Gasteiger partial charge on any atom is 0.290 e. The molecular formula is C14H19NO3. The molecule has 0 fully saturated rings. The summed E-state index contributed by atoms with van der Waals surface area (Å²) in [6.45, 7) is 5.99. The number of carbonyl (C=O) groups excluding carboxylic acids is 2. The summed E-state index contributed by atoms with van der Waals surface area (Å²) in [4.78, 5) is 23.3. The average molecular weight is 249 g/mol. The molecule has 0 atom stereocenters. The molecule has 4 nitrogen and oxygen atoms in total. The number of hydrogen-bond donors (Lipinski definition) is 0. The minimum Gasteiger partial charge on any atom is -0.496 e. The molecule has 0 aromatic heterocycles. The lowest BCUT2D eigenvalue weighted by Crippen LogP contribution is -2.27. The van der Waals surface area contributed by atoms with Crippen LogP contribution in [-0.2, 0) is 9.59 Å². The molecule has 4 heteroatoms. The molecule has 1 amide bonds. The molecule has 1 rings (SSSR count). The van der Waals surface area contributed by atoms with Crippen molar-refractivity contribution in [2.75, 3.05) is 19.1 Å². The molecule has 0 bridgehead atoms. The first-order valence-corrected chi connectivity index (χ1v) is 5.83. The number of methoxy groups -OCH3 is 1. The smallest absolute Gasteiger partial charge is 0.290 e. The van der Waals surface area contributed by atoms with Crippen molar-refractivity contribution in [1.29, 1.82) is 0 Å². The third kappa shape index (κ3) is 2.70. The molecule has 0 saturated carbocycles. The fraction of sp³-hybridized carbons (Fsp3) is 0.429. The summed E-state index contributed by atoms with van der Waals surface area (Å²) in [7, 11) is 3.22. The van der Waals surface area contributed by atoms with Gasteiger partial charge in [-0.15, -0.1) is 0 Å². The van der Waals surface area contributed by atoms with Crippen molar-refractivity contribution in [2.24, 2.45) is 0 Å². The van der Waals surface area contributed by atoms with Gasteiger partial charge in [0.25, 0.3) is 5.91 Å². The summed E-state index contributed by atoms with van der Waals surface area (Å²) in [5, 5.41) is 0. The molecule has 0 unspecified atom stereocenters. The zero-order valence-electron chi connectivity index (χ0n) is 11.5. The zero-order chi connectivity index (χ0) is 13.9. The van der Waals surface area contributed by atoms with Gasteiger partial charge in [-0.25, -0.2) is 0 Å². The van der Waals surface area contributed by atoms with E-state index in [2.05, 4.69) is 13.8 Å². The normalized spacial score (nSPS) is 10.3. The molecule has 0 radical (unpaired) electrons. The van der Waals surface area contributed by atoms with E-state index in [1.807, 2.05) is 19.1 Å². The van der Waals surface area contributed by atoms with Crippen LogP contribution in [0.4, 0.5) is 5.69 Å². The summed E-state index contributed by atoms with van der Waals surface area (Å²) >= 11 is 0. The Morgan fingerprint density at radius 3 is 2.44 bits per heavy atom. The summed E-state index contributed by atoms with van der Waals surface area (Å²) in [5.41, 5.74) is 2.65. The van der Waals surface area contributed by atoms with Crippen molar-refractivity contribution in [1.82, 2.24) is 0 Å². The molecule has 0 aliphatic heterocycles.